The van der Waals surface area contributed by atoms with Gasteiger partial charge in [-0.15, -0.1) is 0 Å². The van der Waals surface area contributed by atoms with E-state index in [1.54, 1.807) is 0 Å². The first-order chi connectivity index (χ1) is 10.4. The van der Waals surface area contributed by atoms with Crippen molar-refractivity contribution in [2.75, 3.05) is 0 Å². The third kappa shape index (κ3) is 6.30. The van der Waals surface area contributed by atoms with E-state index in [4.69, 9.17) is 0 Å². The minimum atomic E-state index is -0.969. The van der Waals surface area contributed by atoms with E-state index in [1.165, 1.54) is 0 Å². The Hall–Kier alpha value is 8.16. The minimum absolute atomic E-state index is 0.668. The molecule has 25 heavy (non-hydrogen) atoms. The van der Waals surface area contributed by atoms with Crippen molar-refractivity contribution in [2.45, 2.75) is 21.5 Å². The molecule has 1 unspecified atom stereocenters. The summed E-state index contributed by atoms with van der Waals surface area (Å²) in [7, 11) is 0. The molecule has 151 valence electrons. The van der Waals surface area contributed by atoms with Gasteiger partial charge in [-0.1, -0.05) is 271 Å². The van der Waals surface area contributed by atoms with E-state index in [-0.39, 0.29) is 0 Å². The van der Waals surface area contributed by atoms with Crippen LogP contribution in [-0.2, 0) is 0 Å². The zero-order valence-corrected chi connectivity index (χ0v) is 37.4. The normalized spacial score (nSPS) is 18.5. The summed E-state index contributed by atoms with van der Waals surface area (Å²) in [5.41, 5.74) is 0. The van der Waals surface area contributed by atoms with Crippen molar-refractivity contribution in [3.8, 4) is 0 Å². The Morgan fingerprint density at radius 2 is 0.640 bits per heavy atom. The highest BCUT2D eigenvalue weighted by molar-refractivity contribution is 9.42. The van der Waals surface area contributed by atoms with Crippen LogP contribution < -0.4 is 0 Å². The van der Waals surface area contributed by atoms with Crippen molar-refractivity contribution in [1.29, 1.82) is 0 Å². The summed E-state index contributed by atoms with van der Waals surface area (Å²) in [4.78, 5) is 0. The lowest BCUT2D eigenvalue weighted by molar-refractivity contribution is 0.565. The van der Waals surface area contributed by atoms with Gasteiger partial charge in [0.1, 0.15) is 21.0 Å². The molecule has 1 radical (unpaired) electrons. The molecule has 0 saturated heterocycles. The first-order valence-corrected chi connectivity index (χ1v) is 18.4. The summed E-state index contributed by atoms with van der Waals surface area (Å²) < 4.78 is -5.46. The van der Waals surface area contributed by atoms with Crippen molar-refractivity contribution in [2.24, 2.45) is 0 Å². The third-order valence-corrected chi connectivity index (χ3v) is 32.3. The second-order valence-electron chi connectivity index (χ2n) is 4.21. The van der Waals surface area contributed by atoms with E-state index < -0.39 is 21.5 Å². The molecule has 0 N–H and O–H groups in total. The number of rotatable bonds is 5. The largest absolute Gasteiger partial charge is 0.162 e. The summed E-state index contributed by atoms with van der Waals surface area (Å²) in [6.07, 6.45) is 0. The smallest absolute Gasteiger partial charge is 0.0776 e. The van der Waals surface area contributed by atoms with Crippen molar-refractivity contribution in [1.82, 2.24) is 0 Å². The van der Waals surface area contributed by atoms with E-state index in [0.29, 0.717) is 3.74 Å². The molecule has 0 saturated carbocycles. The van der Waals surface area contributed by atoms with Gasteiger partial charge in [0.2, 0.25) is 0 Å². The van der Waals surface area contributed by atoms with Crippen LogP contribution >= 0.6 is 271 Å². The molecule has 1 atom stereocenters. The average molecular weight is 1450 g/mol. The van der Waals surface area contributed by atoms with Crippen LogP contribution in [0.15, 0.2) is 0 Å². The van der Waals surface area contributed by atoms with Crippen LogP contribution in [0.25, 0.3) is 0 Å². The molecule has 0 heterocycles. The number of alkyl halides is 15. The molecule has 0 aliphatic carbocycles. The van der Waals surface area contributed by atoms with E-state index in [9.17, 15) is 0 Å². The number of hydrogen-bond donors (Lipinski definition) is 0. The highest BCUT2D eigenvalue weighted by Crippen LogP contribution is 2.78. The van der Waals surface area contributed by atoms with Gasteiger partial charge >= 0.3 is 0 Å². The molecule has 0 bridgehead atoms. The van der Waals surface area contributed by atoms with Gasteiger partial charge in [-0.25, -0.2) is 0 Å². The SMILES string of the molecule is Br[C](Br)C(Br)(C(Br)(Br)C(Br)(Br)Br)C(Br)(Br)C(Br)(Br)C(Br)(Br)C(Br)(Br)Br. The monoisotopic (exact) mass is 1440 g/mol. The van der Waals surface area contributed by atoms with Gasteiger partial charge in [0.05, 0.1) is 0 Å². The maximum absolute atomic E-state index is 3.87. The molecule has 0 aliphatic heterocycles. The van der Waals surface area contributed by atoms with Crippen molar-refractivity contribution in [3.63, 3.8) is 0 Å². The Balaban J connectivity index is 6.79. The molecule has 17 heteroatoms. The van der Waals surface area contributed by atoms with Crippen LogP contribution in [0, 0.1) is 3.74 Å². The summed E-state index contributed by atoms with van der Waals surface area (Å²) in [5.74, 6) is 0. The zero-order valence-electron chi connectivity index (χ0n) is 10.4. The molecule has 0 rings (SSSR count). The van der Waals surface area contributed by atoms with Crippen LogP contribution in [0.5, 0.6) is 0 Å². The Morgan fingerprint density at radius 3 is 0.840 bits per heavy atom. The summed E-state index contributed by atoms with van der Waals surface area (Å²) in [6.45, 7) is 0. The Labute approximate surface area is 289 Å². The van der Waals surface area contributed by atoms with Gasteiger partial charge < -0.3 is 0 Å². The summed E-state index contributed by atoms with van der Waals surface area (Å²) in [6, 6.07) is 0. The molecule has 0 nitrogen and oxygen atoms in total. The fourth-order valence-electron chi connectivity index (χ4n) is 1.22. The van der Waals surface area contributed by atoms with Gasteiger partial charge in [-0.3, -0.25) is 0 Å². The van der Waals surface area contributed by atoms with Crippen LogP contribution in [0.4, 0.5) is 0 Å². The van der Waals surface area contributed by atoms with Gasteiger partial charge in [-0.05, 0) is 0 Å². The first-order valence-electron chi connectivity index (χ1n) is 4.96. The zero-order chi connectivity index (χ0) is 21.1. The first kappa shape index (κ1) is 33.2. The molecular formula is C8Br17. The van der Waals surface area contributed by atoms with Gasteiger partial charge in [-0.2, -0.15) is 0 Å². The fraction of sp³-hybridized carbons (Fsp3) is 0.875. The third-order valence-electron chi connectivity index (χ3n) is 2.63. The van der Waals surface area contributed by atoms with Crippen molar-refractivity contribution in [3.05, 3.63) is 3.74 Å². The van der Waals surface area contributed by atoms with E-state index in [2.05, 4.69) is 271 Å². The van der Waals surface area contributed by atoms with Crippen LogP contribution in [0.1, 0.15) is 0 Å². The Morgan fingerprint density at radius 1 is 0.360 bits per heavy atom. The summed E-state index contributed by atoms with van der Waals surface area (Å²) in [5, 5.41) is 0. The second-order valence-corrected chi connectivity index (χ2v) is 35.3. The van der Waals surface area contributed by atoms with E-state index in [0.717, 1.165) is 0 Å². The number of halogens is 17. The Bertz CT molecular complexity index is 480. The predicted octanol–water partition coefficient (Wildman–Crippen LogP) is 13.0. The molecule has 0 fully saturated rings. The maximum Gasteiger partial charge on any atom is 0.162 e. The molecule has 0 aliphatic rings. The van der Waals surface area contributed by atoms with Crippen LogP contribution in [-0.4, -0.2) is 21.5 Å². The molecule has 0 aromatic rings. The lowest BCUT2D eigenvalue weighted by Gasteiger charge is -2.58. The second kappa shape index (κ2) is 11.0. The van der Waals surface area contributed by atoms with E-state index >= 15 is 0 Å². The fourth-order valence-corrected chi connectivity index (χ4v) is 16.3. The minimum Gasteiger partial charge on any atom is -0.0776 e. The lowest BCUT2D eigenvalue weighted by atomic mass is 10.00. The van der Waals surface area contributed by atoms with Gasteiger partial charge in [0.25, 0.3) is 0 Å². The highest BCUT2D eigenvalue weighted by Gasteiger charge is 2.77. The molecule has 0 spiro atoms. The predicted molar refractivity (Wildman–Crippen MR) is 174 cm³/mol. The topological polar surface area (TPSA) is 0 Å². The maximum atomic E-state index is 3.87. The van der Waals surface area contributed by atoms with E-state index in [1.807, 2.05) is 0 Å². The van der Waals surface area contributed by atoms with Crippen molar-refractivity contribution >= 4 is 271 Å². The van der Waals surface area contributed by atoms with Gasteiger partial charge in [0, 0.05) is 0 Å². The van der Waals surface area contributed by atoms with Crippen LogP contribution in [0.2, 0.25) is 0 Å². The van der Waals surface area contributed by atoms with Gasteiger partial charge in [0.15, 0.2) is 4.29 Å². The molecule has 0 aromatic heterocycles. The molecule has 0 amide bonds. The average Bonchev–Trinajstić information content (AvgIpc) is 2.33. The molecular weight excluding hydrogens is 1450 g/mol. The number of hydrogen-bond acceptors (Lipinski definition) is 0. The quantitative estimate of drug-likeness (QED) is 0.241. The summed E-state index contributed by atoms with van der Waals surface area (Å²) >= 11 is 62.6. The van der Waals surface area contributed by atoms with Crippen LogP contribution in [0.3, 0.4) is 0 Å². The van der Waals surface area contributed by atoms with Crippen molar-refractivity contribution < 1.29 is 0 Å². The standard InChI is InChI=1S/C8Br17/c9-1(10)2(11,4(14,15)7(20,21)22)3(12,13)5(16,17)6(18,19)8(23,24)25. The highest BCUT2D eigenvalue weighted by atomic mass is 80.0. The Kier molecular flexibility index (Phi) is 14.7. The molecule has 0 aromatic carbocycles. The lowest BCUT2D eigenvalue weighted by Crippen LogP contribution is -2.68.